The zero-order valence-electron chi connectivity index (χ0n) is 19.5. The van der Waals surface area contributed by atoms with E-state index in [-0.39, 0.29) is 12.3 Å². The molecule has 10 heteroatoms. The van der Waals surface area contributed by atoms with Crippen LogP contribution in [0.15, 0.2) is 71.9 Å². The molecule has 1 amide bonds. The molecule has 0 aliphatic carbocycles. The van der Waals surface area contributed by atoms with Crippen molar-refractivity contribution in [2.24, 2.45) is 0 Å². The molecule has 3 aromatic carbocycles. The first kappa shape index (κ1) is 25.8. The number of thioether (sulfide) groups is 1. The van der Waals surface area contributed by atoms with Gasteiger partial charge in [-0.1, -0.05) is 41.0 Å². The number of carbonyl (C=O) groups is 1. The average molecular weight is 541 g/mol. The fourth-order valence-corrected chi connectivity index (χ4v) is 4.39. The Hall–Kier alpha value is -3.33. The summed E-state index contributed by atoms with van der Waals surface area (Å²) >= 11 is 13.5. The van der Waals surface area contributed by atoms with Crippen molar-refractivity contribution in [2.45, 2.75) is 11.6 Å². The highest BCUT2D eigenvalue weighted by Crippen LogP contribution is 2.32. The Morgan fingerprint density at radius 3 is 2.08 bits per heavy atom. The van der Waals surface area contributed by atoms with E-state index >= 15 is 0 Å². The number of hydrogen-bond donors (Lipinski definition) is 1. The molecule has 0 unspecified atom stereocenters. The molecule has 4 aromatic rings. The van der Waals surface area contributed by atoms with Gasteiger partial charge in [0.15, 0.2) is 0 Å². The molecule has 0 saturated carbocycles. The van der Waals surface area contributed by atoms with Crippen LogP contribution in [0.1, 0.15) is 6.42 Å². The molecule has 1 N–H and O–H groups in total. The number of carbonyl (C=O) groups excluding carboxylic acids is 1. The van der Waals surface area contributed by atoms with Crippen molar-refractivity contribution in [3.8, 4) is 34.0 Å². The number of hydrogen-bond acceptors (Lipinski definition) is 7. The van der Waals surface area contributed by atoms with Gasteiger partial charge in [0.05, 0.1) is 30.0 Å². The minimum atomic E-state index is -0.190. The largest absolute Gasteiger partial charge is 0.497 e. The normalized spacial score (nSPS) is 10.7. The van der Waals surface area contributed by atoms with Gasteiger partial charge in [-0.25, -0.2) is 4.98 Å². The summed E-state index contributed by atoms with van der Waals surface area (Å²) in [6, 6.07) is 20.2. The molecule has 0 saturated heterocycles. The summed E-state index contributed by atoms with van der Waals surface area (Å²) in [5.41, 5.74) is 3.52. The molecule has 0 aliphatic rings. The molecule has 4 rings (SSSR count). The van der Waals surface area contributed by atoms with Gasteiger partial charge in [-0.15, -0.1) is 10.2 Å². The molecule has 36 heavy (non-hydrogen) atoms. The molecule has 1 heterocycles. The Balaban J connectivity index is 1.52. The van der Waals surface area contributed by atoms with Crippen molar-refractivity contribution >= 4 is 46.6 Å². The smallest absolute Gasteiger partial charge is 0.225 e. The minimum Gasteiger partial charge on any atom is -0.497 e. The topological polar surface area (TPSA) is 86.2 Å². The Kier molecular flexibility index (Phi) is 8.64. The van der Waals surface area contributed by atoms with Crippen molar-refractivity contribution < 1.29 is 14.3 Å². The van der Waals surface area contributed by atoms with Crippen LogP contribution < -0.4 is 14.8 Å². The van der Waals surface area contributed by atoms with Crippen LogP contribution in [-0.2, 0) is 4.79 Å². The Morgan fingerprint density at radius 2 is 1.47 bits per heavy atom. The Labute approximate surface area is 223 Å². The van der Waals surface area contributed by atoms with Crippen LogP contribution in [0.2, 0.25) is 10.0 Å². The van der Waals surface area contributed by atoms with E-state index in [1.54, 1.807) is 32.4 Å². The van der Waals surface area contributed by atoms with E-state index in [9.17, 15) is 4.79 Å². The van der Waals surface area contributed by atoms with E-state index in [1.807, 2.05) is 48.5 Å². The minimum absolute atomic E-state index is 0.190. The van der Waals surface area contributed by atoms with Crippen molar-refractivity contribution in [1.29, 1.82) is 0 Å². The molecule has 0 aliphatic heterocycles. The summed E-state index contributed by atoms with van der Waals surface area (Å²) in [4.78, 5) is 17.2. The summed E-state index contributed by atoms with van der Waals surface area (Å²) < 4.78 is 10.5. The fraction of sp³-hybridized carbons (Fsp3) is 0.154. The van der Waals surface area contributed by atoms with Crippen molar-refractivity contribution in [3.63, 3.8) is 0 Å². The first-order chi connectivity index (χ1) is 17.5. The van der Waals surface area contributed by atoms with Crippen LogP contribution in [0.3, 0.4) is 0 Å². The van der Waals surface area contributed by atoms with E-state index in [0.29, 0.717) is 38.0 Å². The number of benzene rings is 3. The van der Waals surface area contributed by atoms with Crippen LogP contribution in [0, 0.1) is 0 Å². The molecular weight excluding hydrogens is 519 g/mol. The SMILES string of the molecule is COc1ccc(-c2nnc(SCCC(=O)Nc3cccc(Cl)c3Cl)nc2-c2ccc(OC)cc2)cc1. The van der Waals surface area contributed by atoms with Gasteiger partial charge in [0.25, 0.3) is 0 Å². The zero-order chi connectivity index (χ0) is 25.5. The molecule has 0 fully saturated rings. The highest BCUT2D eigenvalue weighted by molar-refractivity contribution is 7.99. The van der Waals surface area contributed by atoms with Gasteiger partial charge in [0, 0.05) is 23.3 Å². The monoisotopic (exact) mass is 540 g/mol. The lowest BCUT2D eigenvalue weighted by Gasteiger charge is -2.11. The highest BCUT2D eigenvalue weighted by Gasteiger charge is 2.15. The van der Waals surface area contributed by atoms with E-state index < -0.39 is 0 Å². The lowest BCUT2D eigenvalue weighted by molar-refractivity contribution is -0.115. The van der Waals surface area contributed by atoms with E-state index in [1.165, 1.54) is 11.8 Å². The van der Waals surface area contributed by atoms with Gasteiger partial charge in [0.1, 0.15) is 22.9 Å². The average Bonchev–Trinajstić information content (AvgIpc) is 2.91. The highest BCUT2D eigenvalue weighted by atomic mass is 35.5. The maximum absolute atomic E-state index is 12.4. The summed E-state index contributed by atoms with van der Waals surface area (Å²) in [6.45, 7) is 0. The molecule has 1 aromatic heterocycles. The third-order valence-electron chi connectivity index (χ3n) is 5.18. The third kappa shape index (κ3) is 6.26. The molecule has 7 nitrogen and oxygen atoms in total. The third-order valence-corrected chi connectivity index (χ3v) is 6.84. The first-order valence-corrected chi connectivity index (χ1v) is 12.6. The first-order valence-electron chi connectivity index (χ1n) is 10.9. The maximum atomic E-state index is 12.4. The van der Waals surface area contributed by atoms with Gasteiger partial charge in [0.2, 0.25) is 11.1 Å². The second-order valence-electron chi connectivity index (χ2n) is 7.50. The van der Waals surface area contributed by atoms with Gasteiger partial charge < -0.3 is 14.8 Å². The Bertz CT molecular complexity index is 1350. The number of ether oxygens (including phenoxy) is 2. The second kappa shape index (κ2) is 12.1. The van der Waals surface area contributed by atoms with Crippen molar-refractivity contribution in [2.75, 3.05) is 25.3 Å². The molecule has 184 valence electrons. The Morgan fingerprint density at radius 1 is 0.861 bits per heavy atom. The van der Waals surface area contributed by atoms with E-state index in [2.05, 4.69) is 15.5 Å². The zero-order valence-corrected chi connectivity index (χ0v) is 21.8. The summed E-state index contributed by atoms with van der Waals surface area (Å²) in [7, 11) is 3.24. The molecule has 0 radical (unpaired) electrons. The predicted molar refractivity (Wildman–Crippen MR) is 144 cm³/mol. The van der Waals surface area contributed by atoms with Gasteiger partial charge in [-0.05, 0) is 60.7 Å². The van der Waals surface area contributed by atoms with Crippen molar-refractivity contribution in [1.82, 2.24) is 15.2 Å². The quantitative estimate of drug-likeness (QED) is 0.238. The van der Waals surface area contributed by atoms with Gasteiger partial charge in [-0.2, -0.15) is 0 Å². The number of anilines is 1. The summed E-state index contributed by atoms with van der Waals surface area (Å²) in [5.74, 6) is 1.75. The molecule has 0 spiro atoms. The number of aromatic nitrogens is 3. The number of rotatable bonds is 9. The standard InChI is InChI=1S/C26H22Cl2N4O3S/c1-34-18-10-6-16(7-11-18)24-25(17-8-12-19(35-2)13-9-17)31-32-26(30-24)36-15-14-22(33)29-21-5-3-4-20(27)23(21)28/h3-13H,14-15H2,1-2H3,(H,29,33). The fourth-order valence-electron chi connectivity index (χ4n) is 3.31. The lowest BCUT2D eigenvalue weighted by atomic mass is 10.0. The number of nitrogens with zero attached hydrogens (tertiary/aromatic N) is 3. The lowest BCUT2D eigenvalue weighted by Crippen LogP contribution is -2.12. The molecule has 0 bridgehead atoms. The van der Waals surface area contributed by atoms with Crippen LogP contribution in [0.4, 0.5) is 5.69 Å². The van der Waals surface area contributed by atoms with Gasteiger partial charge in [-0.3, -0.25) is 4.79 Å². The maximum Gasteiger partial charge on any atom is 0.225 e. The predicted octanol–water partition coefficient (Wildman–Crippen LogP) is 6.65. The number of amides is 1. The van der Waals surface area contributed by atoms with Crippen LogP contribution in [0.25, 0.3) is 22.5 Å². The van der Waals surface area contributed by atoms with E-state index in [0.717, 1.165) is 22.6 Å². The molecule has 0 atom stereocenters. The van der Waals surface area contributed by atoms with Crippen LogP contribution in [0.5, 0.6) is 11.5 Å². The summed E-state index contributed by atoms with van der Waals surface area (Å²) in [6.07, 6.45) is 0.231. The molecular formula is C26H22Cl2N4O3S. The number of nitrogens with one attached hydrogen (secondary N) is 1. The van der Waals surface area contributed by atoms with Crippen molar-refractivity contribution in [3.05, 3.63) is 76.8 Å². The van der Waals surface area contributed by atoms with E-state index in [4.69, 9.17) is 37.7 Å². The van der Waals surface area contributed by atoms with Crippen LogP contribution >= 0.6 is 35.0 Å². The van der Waals surface area contributed by atoms with Crippen LogP contribution in [-0.4, -0.2) is 41.1 Å². The number of halogens is 2. The summed E-state index contributed by atoms with van der Waals surface area (Å²) in [5, 5.41) is 12.7. The second-order valence-corrected chi connectivity index (χ2v) is 9.34. The number of methoxy groups -OCH3 is 2. The van der Waals surface area contributed by atoms with Gasteiger partial charge >= 0.3 is 0 Å².